The summed E-state index contributed by atoms with van der Waals surface area (Å²) in [5, 5.41) is 23.7. The number of carboxylic acids is 3. The van der Waals surface area contributed by atoms with Crippen molar-refractivity contribution in [1.29, 1.82) is 0 Å². The third-order valence-electron chi connectivity index (χ3n) is 2.37. The highest BCUT2D eigenvalue weighted by atomic mass is 16.4. The highest BCUT2D eigenvalue weighted by Crippen LogP contribution is 2.10. The quantitative estimate of drug-likeness (QED) is 0.337. The summed E-state index contributed by atoms with van der Waals surface area (Å²) in [6, 6.07) is 0. The molecule has 0 amide bonds. The van der Waals surface area contributed by atoms with Gasteiger partial charge in [0, 0.05) is 16.7 Å². The predicted molar refractivity (Wildman–Crippen MR) is 98.3 cm³/mol. The minimum absolute atomic E-state index is 0.176. The van der Waals surface area contributed by atoms with Gasteiger partial charge in [-0.25, -0.2) is 14.4 Å². The lowest BCUT2D eigenvalue weighted by Crippen LogP contribution is -2.24. The lowest BCUT2D eigenvalue weighted by Gasteiger charge is -2.07. The number of hydrogen-bond donors (Lipinski definition) is 3. The second-order valence-corrected chi connectivity index (χ2v) is 5.08. The number of rotatable bonds is 7. The third-order valence-corrected chi connectivity index (χ3v) is 2.37. The molecule has 0 aliphatic heterocycles. The molecule has 0 aromatic rings. The van der Waals surface area contributed by atoms with E-state index in [0.29, 0.717) is 18.9 Å². The van der Waals surface area contributed by atoms with Crippen LogP contribution in [-0.2, 0) is 28.8 Å². The Balaban J connectivity index is -0.000000133. The van der Waals surface area contributed by atoms with Crippen LogP contribution in [0.1, 0.15) is 34.1 Å². The maximum Gasteiger partial charge on any atom is 0.330 e. The second-order valence-electron chi connectivity index (χ2n) is 5.08. The zero-order valence-corrected chi connectivity index (χ0v) is 15.9. The summed E-state index contributed by atoms with van der Waals surface area (Å²) in [4.78, 5) is 59.0. The summed E-state index contributed by atoms with van der Waals surface area (Å²) in [5.41, 5.74) is -0.847. The zero-order valence-electron chi connectivity index (χ0n) is 15.9. The molecule has 0 heterocycles. The van der Waals surface area contributed by atoms with Gasteiger partial charge >= 0.3 is 17.9 Å². The number of aldehydes is 3. The van der Waals surface area contributed by atoms with Crippen LogP contribution in [-0.4, -0.2) is 52.1 Å². The topological polar surface area (TPSA) is 163 Å². The van der Waals surface area contributed by atoms with Gasteiger partial charge in [0.2, 0.25) is 0 Å². The Morgan fingerprint density at radius 2 is 0.852 bits per heavy atom. The van der Waals surface area contributed by atoms with Gasteiger partial charge in [-0.15, -0.1) is 0 Å². The van der Waals surface area contributed by atoms with Crippen LogP contribution in [0, 0.1) is 5.41 Å². The second kappa shape index (κ2) is 17.5. The summed E-state index contributed by atoms with van der Waals surface area (Å²) in [5.74, 6) is -2.81. The van der Waals surface area contributed by atoms with Crippen molar-refractivity contribution < 1.29 is 44.1 Å². The fourth-order valence-corrected chi connectivity index (χ4v) is 0.333. The summed E-state index contributed by atoms with van der Waals surface area (Å²) in [6.07, 6.45) is 1.34. The molecule has 3 N–H and O–H groups in total. The van der Waals surface area contributed by atoms with Crippen molar-refractivity contribution in [1.82, 2.24) is 0 Å². The minimum Gasteiger partial charge on any atom is -0.478 e. The summed E-state index contributed by atoms with van der Waals surface area (Å²) < 4.78 is 0. The van der Waals surface area contributed by atoms with Crippen molar-refractivity contribution in [2.75, 3.05) is 0 Å². The molecule has 0 aliphatic carbocycles. The van der Waals surface area contributed by atoms with Crippen LogP contribution in [0.25, 0.3) is 0 Å². The molecular formula is C18H26O9. The first-order chi connectivity index (χ1) is 12.2. The fourth-order valence-electron chi connectivity index (χ4n) is 0.333. The Morgan fingerprint density at radius 1 is 0.704 bits per heavy atom. The Morgan fingerprint density at radius 3 is 0.852 bits per heavy atom. The Kier molecular flexibility index (Phi) is 20.3. The van der Waals surface area contributed by atoms with Crippen molar-refractivity contribution in [3.8, 4) is 0 Å². The zero-order chi connectivity index (χ0) is 22.8. The van der Waals surface area contributed by atoms with Crippen molar-refractivity contribution in [2.24, 2.45) is 5.41 Å². The van der Waals surface area contributed by atoms with Crippen LogP contribution < -0.4 is 0 Å². The van der Waals surface area contributed by atoms with Crippen LogP contribution >= 0.6 is 0 Å². The average Bonchev–Trinajstić information content (AvgIpc) is 2.58. The molecule has 0 atom stereocenters. The van der Waals surface area contributed by atoms with Gasteiger partial charge in [0.05, 0.1) is 0 Å². The molecule has 27 heavy (non-hydrogen) atoms. The van der Waals surface area contributed by atoms with Crippen LogP contribution in [0.5, 0.6) is 0 Å². The Hall–Kier alpha value is -3.36. The van der Waals surface area contributed by atoms with Gasteiger partial charge < -0.3 is 29.7 Å². The van der Waals surface area contributed by atoms with E-state index in [9.17, 15) is 28.8 Å². The van der Waals surface area contributed by atoms with Gasteiger partial charge in [0.1, 0.15) is 24.3 Å². The Bertz CT molecular complexity index is 471. The molecule has 9 nitrogen and oxygen atoms in total. The Labute approximate surface area is 157 Å². The van der Waals surface area contributed by atoms with Crippen LogP contribution in [0.2, 0.25) is 0 Å². The standard InChI is InChI=1S/C6H8O3.3C4H6O2/c1-2-6(3-7,4-8)5-9;3*1-3(2)4(5)6/h3-5H,2H2,1H3;3*1H2,2H3,(H,5,6). The molecule has 0 unspecified atom stereocenters. The average molecular weight is 386 g/mol. The summed E-state index contributed by atoms with van der Waals surface area (Å²) in [7, 11) is 0. The number of carbonyl (C=O) groups excluding carboxylic acids is 3. The van der Waals surface area contributed by atoms with Gasteiger partial charge in [-0.1, -0.05) is 26.7 Å². The summed E-state index contributed by atoms with van der Waals surface area (Å²) >= 11 is 0. The largest absolute Gasteiger partial charge is 0.478 e. The molecule has 0 aliphatic rings. The summed E-state index contributed by atoms with van der Waals surface area (Å²) in [6.45, 7) is 15.4. The monoisotopic (exact) mass is 386 g/mol. The van der Waals surface area contributed by atoms with Crippen LogP contribution in [0.3, 0.4) is 0 Å². The highest BCUT2D eigenvalue weighted by Gasteiger charge is 2.25. The lowest BCUT2D eigenvalue weighted by molar-refractivity contribution is -0.134. The minimum atomic E-state index is -1.38. The molecule has 0 rings (SSSR count). The SMILES string of the molecule is C=C(C)C(=O)O.C=C(C)C(=O)O.C=C(C)C(=O)O.CCC(C=O)(C=O)C=O. The first-order valence-electron chi connectivity index (χ1n) is 7.23. The van der Waals surface area contributed by atoms with E-state index in [1.807, 2.05) is 0 Å². The van der Waals surface area contributed by atoms with Crippen molar-refractivity contribution >= 4 is 36.8 Å². The molecule has 0 radical (unpaired) electrons. The van der Waals surface area contributed by atoms with Crippen molar-refractivity contribution in [2.45, 2.75) is 34.1 Å². The van der Waals surface area contributed by atoms with E-state index >= 15 is 0 Å². The third kappa shape index (κ3) is 22.6. The van der Waals surface area contributed by atoms with E-state index in [4.69, 9.17) is 15.3 Å². The molecule has 0 aromatic heterocycles. The first-order valence-corrected chi connectivity index (χ1v) is 7.23. The van der Waals surface area contributed by atoms with Crippen LogP contribution in [0.4, 0.5) is 0 Å². The molecule has 0 fully saturated rings. The normalized spacial score (nSPS) is 8.44. The van der Waals surface area contributed by atoms with E-state index in [1.54, 1.807) is 6.92 Å². The van der Waals surface area contributed by atoms with Gasteiger partial charge in [-0.3, -0.25) is 0 Å². The highest BCUT2D eigenvalue weighted by molar-refractivity contribution is 6.01. The van der Waals surface area contributed by atoms with Crippen LogP contribution in [0.15, 0.2) is 36.5 Å². The number of carbonyl (C=O) groups is 6. The van der Waals surface area contributed by atoms with Crippen molar-refractivity contribution in [3.05, 3.63) is 36.5 Å². The number of carboxylic acid groups (broad SMARTS) is 3. The molecule has 0 aromatic carbocycles. The first kappa shape index (κ1) is 31.4. The molecule has 0 saturated carbocycles. The maximum absolute atomic E-state index is 10.1. The molecule has 0 saturated heterocycles. The van der Waals surface area contributed by atoms with E-state index in [-0.39, 0.29) is 23.1 Å². The molecule has 0 spiro atoms. The molecule has 152 valence electrons. The molecular weight excluding hydrogens is 360 g/mol. The number of hydrogen-bond acceptors (Lipinski definition) is 6. The molecule has 0 bridgehead atoms. The van der Waals surface area contributed by atoms with Gasteiger partial charge in [-0.05, 0) is 27.2 Å². The van der Waals surface area contributed by atoms with Gasteiger partial charge in [0.15, 0.2) is 0 Å². The van der Waals surface area contributed by atoms with Gasteiger partial charge in [-0.2, -0.15) is 0 Å². The predicted octanol–water partition coefficient (Wildman–Crippen LogP) is 1.92. The van der Waals surface area contributed by atoms with E-state index in [2.05, 4.69) is 19.7 Å². The lowest BCUT2D eigenvalue weighted by atomic mass is 9.91. The molecule has 9 heteroatoms. The van der Waals surface area contributed by atoms with Crippen molar-refractivity contribution in [3.63, 3.8) is 0 Å². The van der Waals surface area contributed by atoms with E-state index in [0.717, 1.165) is 0 Å². The van der Waals surface area contributed by atoms with E-state index in [1.165, 1.54) is 20.8 Å². The fraction of sp³-hybridized carbons (Fsp3) is 0.333. The smallest absolute Gasteiger partial charge is 0.330 e. The number of aliphatic carboxylic acids is 3. The van der Waals surface area contributed by atoms with E-state index < -0.39 is 23.3 Å². The maximum atomic E-state index is 10.1. The van der Waals surface area contributed by atoms with Gasteiger partial charge in [0.25, 0.3) is 0 Å².